The van der Waals surface area contributed by atoms with Crippen LogP contribution < -0.4 is 10.1 Å². The Morgan fingerprint density at radius 2 is 2.11 bits per heavy atom. The van der Waals surface area contributed by atoms with Gasteiger partial charge in [-0.3, -0.25) is 0 Å². The highest BCUT2D eigenvalue weighted by molar-refractivity contribution is 5.47. The van der Waals surface area contributed by atoms with E-state index in [0.29, 0.717) is 17.6 Å². The Morgan fingerprint density at radius 3 is 2.78 bits per heavy atom. The number of hydrogen-bond acceptors (Lipinski definition) is 6. The molecular formula is C11H16N6O. The highest BCUT2D eigenvalue weighted by Gasteiger charge is 2.12. The van der Waals surface area contributed by atoms with Gasteiger partial charge in [0.2, 0.25) is 11.8 Å². The number of ether oxygens (including phenoxy) is 1. The van der Waals surface area contributed by atoms with Crippen molar-refractivity contribution in [3.63, 3.8) is 0 Å². The van der Waals surface area contributed by atoms with Crippen LogP contribution in [-0.4, -0.2) is 38.2 Å². The molecule has 2 aromatic heterocycles. The van der Waals surface area contributed by atoms with E-state index in [1.165, 1.54) is 7.11 Å². The number of imidazole rings is 1. The summed E-state index contributed by atoms with van der Waals surface area (Å²) in [6.07, 6.45) is 3.61. The van der Waals surface area contributed by atoms with Crippen molar-refractivity contribution in [2.75, 3.05) is 19.0 Å². The van der Waals surface area contributed by atoms with E-state index < -0.39 is 0 Å². The smallest absolute Gasteiger partial charge is 0.321 e. The lowest BCUT2D eigenvalue weighted by atomic mass is 10.5. The van der Waals surface area contributed by atoms with Crippen LogP contribution in [0.3, 0.4) is 0 Å². The monoisotopic (exact) mass is 248 g/mol. The highest BCUT2D eigenvalue weighted by Crippen LogP contribution is 2.17. The summed E-state index contributed by atoms with van der Waals surface area (Å²) in [5.41, 5.74) is 0. The molecule has 0 saturated carbocycles. The molecule has 7 heteroatoms. The topological polar surface area (TPSA) is 77.8 Å². The van der Waals surface area contributed by atoms with Crippen LogP contribution in [0.1, 0.15) is 13.8 Å². The Labute approximate surface area is 105 Å². The first-order chi connectivity index (χ1) is 8.78. The average Bonchev–Trinajstić information content (AvgIpc) is 2.87. The van der Waals surface area contributed by atoms with Gasteiger partial charge in [0.05, 0.1) is 7.11 Å². The van der Waals surface area contributed by atoms with Crippen molar-refractivity contribution in [3.05, 3.63) is 12.4 Å². The Balaban J connectivity index is 2.46. The van der Waals surface area contributed by atoms with Gasteiger partial charge in [-0.25, -0.2) is 4.98 Å². The summed E-state index contributed by atoms with van der Waals surface area (Å²) >= 11 is 0. The summed E-state index contributed by atoms with van der Waals surface area (Å²) in [5.74, 6) is 1.70. The van der Waals surface area contributed by atoms with E-state index in [1.54, 1.807) is 6.20 Å². The van der Waals surface area contributed by atoms with Crippen LogP contribution in [0, 0.1) is 0 Å². The van der Waals surface area contributed by atoms with E-state index in [2.05, 4.69) is 25.3 Å². The van der Waals surface area contributed by atoms with Crippen LogP contribution in [-0.2, 0) is 6.54 Å². The fourth-order valence-electron chi connectivity index (χ4n) is 1.56. The summed E-state index contributed by atoms with van der Waals surface area (Å²) in [4.78, 5) is 16.9. The maximum atomic E-state index is 5.07. The second-order valence-corrected chi connectivity index (χ2v) is 3.54. The second kappa shape index (κ2) is 5.44. The number of anilines is 1. The van der Waals surface area contributed by atoms with Crippen LogP contribution in [0.2, 0.25) is 0 Å². The van der Waals surface area contributed by atoms with E-state index in [0.717, 1.165) is 13.1 Å². The van der Waals surface area contributed by atoms with Crippen LogP contribution >= 0.6 is 0 Å². The number of aromatic nitrogens is 5. The predicted molar refractivity (Wildman–Crippen MR) is 67.4 cm³/mol. The molecule has 0 aliphatic heterocycles. The number of methoxy groups -OCH3 is 1. The number of nitrogens with zero attached hydrogens (tertiary/aromatic N) is 5. The molecule has 0 atom stereocenters. The largest absolute Gasteiger partial charge is 0.467 e. The van der Waals surface area contributed by atoms with Crippen molar-refractivity contribution in [2.24, 2.45) is 0 Å². The van der Waals surface area contributed by atoms with Gasteiger partial charge in [0, 0.05) is 25.5 Å². The van der Waals surface area contributed by atoms with E-state index in [1.807, 2.05) is 24.6 Å². The third-order valence-electron chi connectivity index (χ3n) is 2.39. The van der Waals surface area contributed by atoms with Gasteiger partial charge < -0.3 is 14.6 Å². The molecule has 0 radical (unpaired) electrons. The van der Waals surface area contributed by atoms with Crippen molar-refractivity contribution in [1.82, 2.24) is 24.5 Å². The van der Waals surface area contributed by atoms with Crippen molar-refractivity contribution < 1.29 is 4.74 Å². The van der Waals surface area contributed by atoms with Gasteiger partial charge in [0.15, 0.2) is 5.82 Å². The van der Waals surface area contributed by atoms with Crippen molar-refractivity contribution in [1.29, 1.82) is 0 Å². The van der Waals surface area contributed by atoms with Gasteiger partial charge in [0.25, 0.3) is 0 Å². The third-order valence-corrected chi connectivity index (χ3v) is 2.39. The van der Waals surface area contributed by atoms with Crippen molar-refractivity contribution in [2.45, 2.75) is 20.4 Å². The lowest BCUT2D eigenvalue weighted by Crippen LogP contribution is -2.08. The van der Waals surface area contributed by atoms with Gasteiger partial charge in [-0.2, -0.15) is 15.0 Å². The molecule has 0 spiro atoms. The minimum Gasteiger partial charge on any atom is -0.467 e. The molecule has 2 heterocycles. The standard InChI is InChI=1S/C11H16N6O/c1-4-12-10-14-8(15-11(16-10)18-3)9-13-6-7-17(9)5-2/h6-7H,4-5H2,1-3H3,(H,12,14,15,16). The van der Waals surface area contributed by atoms with E-state index in [-0.39, 0.29) is 6.01 Å². The first-order valence-corrected chi connectivity index (χ1v) is 5.83. The van der Waals surface area contributed by atoms with Crippen molar-refractivity contribution in [3.8, 4) is 17.7 Å². The summed E-state index contributed by atoms with van der Waals surface area (Å²) in [5, 5.41) is 3.04. The minimum atomic E-state index is 0.279. The molecule has 2 rings (SSSR count). The third kappa shape index (κ3) is 2.39. The zero-order valence-electron chi connectivity index (χ0n) is 10.7. The molecule has 0 amide bonds. The summed E-state index contributed by atoms with van der Waals surface area (Å²) < 4.78 is 7.04. The molecule has 96 valence electrons. The molecule has 18 heavy (non-hydrogen) atoms. The van der Waals surface area contributed by atoms with E-state index in [9.17, 15) is 0 Å². The Hall–Kier alpha value is -2.18. The van der Waals surface area contributed by atoms with Gasteiger partial charge in [-0.1, -0.05) is 0 Å². The van der Waals surface area contributed by atoms with Gasteiger partial charge in [-0.15, -0.1) is 0 Å². The van der Waals surface area contributed by atoms with Gasteiger partial charge >= 0.3 is 6.01 Å². The minimum absolute atomic E-state index is 0.279. The zero-order chi connectivity index (χ0) is 13.0. The molecule has 0 aliphatic carbocycles. The number of hydrogen-bond donors (Lipinski definition) is 1. The Morgan fingerprint density at radius 1 is 1.28 bits per heavy atom. The van der Waals surface area contributed by atoms with Crippen LogP contribution in [0.5, 0.6) is 6.01 Å². The Bertz CT molecular complexity index is 524. The van der Waals surface area contributed by atoms with Crippen LogP contribution in [0.4, 0.5) is 5.95 Å². The molecule has 1 N–H and O–H groups in total. The molecule has 0 aliphatic rings. The van der Waals surface area contributed by atoms with Crippen LogP contribution in [0.25, 0.3) is 11.6 Å². The molecule has 2 aromatic rings. The molecule has 0 unspecified atom stereocenters. The van der Waals surface area contributed by atoms with Gasteiger partial charge in [-0.05, 0) is 13.8 Å². The molecule has 0 fully saturated rings. The summed E-state index contributed by atoms with van der Waals surface area (Å²) in [7, 11) is 1.53. The zero-order valence-corrected chi connectivity index (χ0v) is 10.7. The first-order valence-electron chi connectivity index (χ1n) is 5.83. The van der Waals surface area contributed by atoms with Crippen molar-refractivity contribution >= 4 is 5.95 Å². The first kappa shape index (κ1) is 12.3. The molecule has 7 nitrogen and oxygen atoms in total. The summed E-state index contributed by atoms with van der Waals surface area (Å²) in [6.45, 7) is 5.55. The highest BCUT2D eigenvalue weighted by atomic mass is 16.5. The predicted octanol–water partition coefficient (Wildman–Crippen LogP) is 1.20. The fraction of sp³-hybridized carbons (Fsp3) is 0.455. The number of nitrogens with one attached hydrogen (secondary N) is 1. The molecule has 0 saturated heterocycles. The quantitative estimate of drug-likeness (QED) is 0.856. The second-order valence-electron chi connectivity index (χ2n) is 3.54. The maximum absolute atomic E-state index is 5.07. The molecular weight excluding hydrogens is 232 g/mol. The normalized spacial score (nSPS) is 10.4. The van der Waals surface area contributed by atoms with E-state index in [4.69, 9.17) is 4.74 Å². The van der Waals surface area contributed by atoms with Crippen LogP contribution in [0.15, 0.2) is 12.4 Å². The molecule has 0 aromatic carbocycles. The SMILES string of the molecule is CCNc1nc(OC)nc(-c2nccn2CC)n1. The lowest BCUT2D eigenvalue weighted by Gasteiger charge is -2.07. The summed E-state index contributed by atoms with van der Waals surface area (Å²) in [6, 6.07) is 0.279. The average molecular weight is 248 g/mol. The van der Waals surface area contributed by atoms with Gasteiger partial charge in [0.1, 0.15) is 0 Å². The number of rotatable bonds is 5. The fourth-order valence-corrected chi connectivity index (χ4v) is 1.56. The molecule has 0 bridgehead atoms. The number of aryl methyl sites for hydroxylation is 1. The Kier molecular flexibility index (Phi) is 3.71. The lowest BCUT2D eigenvalue weighted by molar-refractivity contribution is 0.379. The maximum Gasteiger partial charge on any atom is 0.321 e. The van der Waals surface area contributed by atoms with E-state index >= 15 is 0 Å².